The van der Waals surface area contributed by atoms with Crippen molar-refractivity contribution in [1.82, 2.24) is 4.57 Å². The molecule has 0 saturated heterocycles. The van der Waals surface area contributed by atoms with Crippen molar-refractivity contribution in [2.45, 2.75) is 19.4 Å². The number of amides is 2. The second kappa shape index (κ2) is 7.93. The first kappa shape index (κ1) is 20.5. The SMILES string of the molecule is O=C(O)c1c(N2C(=O)Cc3cscc3C2=O)c2cc(Cl)ccc2n1CCc1ccccc1. The summed E-state index contributed by atoms with van der Waals surface area (Å²) in [5.41, 5.74) is 2.74. The van der Waals surface area contributed by atoms with Crippen molar-refractivity contribution in [3.63, 3.8) is 0 Å². The lowest BCUT2D eigenvalue weighted by molar-refractivity contribution is -0.117. The number of carboxylic acids is 1. The molecule has 2 amide bonds. The van der Waals surface area contributed by atoms with Crippen LogP contribution in [-0.4, -0.2) is 27.5 Å². The molecule has 5 rings (SSSR count). The van der Waals surface area contributed by atoms with Gasteiger partial charge in [-0.25, -0.2) is 9.69 Å². The van der Waals surface area contributed by atoms with Gasteiger partial charge in [0.05, 0.1) is 23.2 Å². The third-order valence-corrected chi connectivity index (χ3v) is 6.69. The number of aromatic carboxylic acids is 1. The van der Waals surface area contributed by atoms with Crippen LogP contribution in [0.3, 0.4) is 0 Å². The number of thiophene rings is 1. The van der Waals surface area contributed by atoms with Gasteiger partial charge in [-0.15, -0.1) is 0 Å². The molecule has 0 saturated carbocycles. The molecule has 3 heterocycles. The lowest BCUT2D eigenvalue weighted by atomic mass is 10.0. The van der Waals surface area contributed by atoms with Gasteiger partial charge in [-0.05, 0) is 41.1 Å². The topological polar surface area (TPSA) is 79.6 Å². The molecule has 0 unspecified atom stereocenters. The van der Waals surface area contributed by atoms with Crippen LogP contribution in [0.15, 0.2) is 59.3 Å². The minimum atomic E-state index is -1.21. The van der Waals surface area contributed by atoms with E-state index in [0.717, 1.165) is 10.5 Å². The first-order chi connectivity index (χ1) is 15.5. The summed E-state index contributed by atoms with van der Waals surface area (Å²) in [7, 11) is 0. The quantitative estimate of drug-likeness (QED) is 0.420. The normalized spacial score (nSPS) is 13.6. The maximum Gasteiger partial charge on any atom is 0.354 e. The number of hydrogen-bond donors (Lipinski definition) is 1. The number of aryl methyl sites for hydroxylation is 2. The van der Waals surface area contributed by atoms with E-state index >= 15 is 0 Å². The van der Waals surface area contributed by atoms with E-state index < -0.39 is 17.8 Å². The Balaban J connectivity index is 1.71. The van der Waals surface area contributed by atoms with Crippen molar-refractivity contribution in [3.8, 4) is 0 Å². The first-order valence-corrected chi connectivity index (χ1v) is 11.3. The van der Waals surface area contributed by atoms with E-state index in [4.69, 9.17) is 11.6 Å². The Kier molecular flexibility index (Phi) is 5.07. The van der Waals surface area contributed by atoms with Gasteiger partial charge in [0, 0.05) is 22.3 Å². The molecule has 6 nitrogen and oxygen atoms in total. The molecular weight excluding hydrogens is 448 g/mol. The summed E-state index contributed by atoms with van der Waals surface area (Å²) in [6, 6.07) is 14.7. The van der Waals surface area contributed by atoms with E-state index in [9.17, 15) is 19.5 Å². The van der Waals surface area contributed by atoms with Gasteiger partial charge < -0.3 is 9.67 Å². The van der Waals surface area contributed by atoms with Crippen LogP contribution in [0.5, 0.6) is 0 Å². The summed E-state index contributed by atoms with van der Waals surface area (Å²) < 4.78 is 1.65. The number of aromatic nitrogens is 1. The molecule has 32 heavy (non-hydrogen) atoms. The predicted molar refractivity (Wildman–Crippen MR) is 124 cm³/mol. The molecule has 0 atom stereocenters. The Morgan fingerprint density at radius 3 is 2.62 bits per heavy atom. The number of nitrogens with zero attached hydrogens (tertiary/aromatic N) is 2. The first-order valence-electron chi connectivity index (χ1n) is 9.97. The summed E-state index contributed by atoms with van der Waals surface area (Å²) in [5, 5.41) is 14.5. The number of carboxylic acid groups (broad SMARTS) is 1. The van der Waals surface area contributed by atoms with Gasteiger partial charge in [-0.1, -0.05) is 41.9 Å². The Morgan fingerprint density at radius 2 is 1.88 bits per heavy atom. The summed E-state index contributed by atoms with van der Waals surface area (Å²) in [4.78, 5) is 39.8. The summed E-state index contributed by atoms with van der Waals surface area (Å²) in [6.45, 7) is 0.365. The highest BCUT2D eigenvalue weighted by Crippen LogP contribution is 2.39. The van der Waals surface area contributed by atoms with Crippen LogP contribution in [0.2, 0.25) is 5.02 Å². The number of imide groups is 1. The fraction of sp³-hybridized carbons (Fsp3) is 0.125. The number of halogens is 1. The van der Waals surface area contributed by atoms with Crippen LogP contribution < -0.4 is 4.90 Å². The minimum absolute atomic E-state index is 0.0425. The average molecular weight is 465 g/mol. The molecule has 0 radical (unpaired) electrons. The maximum absolute atomic E-state index is 13.3. The largest absolute Gasteiger partial charge is 0.477 e. The van der Waals surface area contributed by atoms with Gasteiger partial charge in [0.1, 0.15) is 0 Å². The zero-order chi connectivity index (χ0) is 22.4. The van der Waals surface area contributed by atoms with Crippen molar-refractivity contribution in [1.29, 1.82) is 0 Å². The highest BCUT2D eigenvalue weighted by molar-refractivity contribution is 7.08. The second-order valence-corrected chi connectivity index (χ2v) is 8.75. The van der Waals surface area contributed by atoms with Crippen LogP contribution in [-0.2, 0) is 24.2 Å². The average Bonchev–Trinajstić information content (AvgIpc) is 3.36. The zero-order valence-electron chi connectivity index (χ0n) is 16.7. The molecule has 160 valence electrons. The summed E-state index contributed by atoms with van der Waals surface area (Å²) >= 11 is 7.58. The van der Waals surface area contributed by atoms with E-state index in [2.05, 4.69) is 0 Å². The van der Waals surface area contributed by atoms with Gasteiger partial charge in [0.15, 0.2) is 5.69 Å². The summed E-state index contributed by atoms with van der Waals surface area (Å²) in [5.74, 6) is -2.18. The van der Waals surface area contributed by atoms with Crippen molar-refractivity contribution in [2.75, 3.05) is 4.90 Å². The Morgan fingerprint density at radius 1 is 1.09 bits per heavy atom. The molecular formula is C24H17ClN2O4S. The molecule has 2 aromatic heterocycles. The monoisotopic (exact) mass is 464 g/mol. The van der Waals surface area contributed by atoms with Crippen LogP contribution in [0, 0.1) is 0 Å². The van der Waals surface area contributed by atoms with Crippen molar-refractivity contribution < 1.29 is 19.5 Å². The Bertz CT molecular complexity index is 1390. The number of rotatable bonds is 5. The van der Waals surface area contributed by atoms with E-state index in [1.54, 1.807) is 33.5 Å². The van der Waals surface area contributed by atoms with Gasteiger partial charge in [0.25, 0.3) is 5.91 Å². The van der Waals surface area contributed by atoms with Crippen LogP contribution >= 0.6 is 22.9 Å². The highest BCUT2D eigenvalue weighted by Gasteiger charge is 2.38. The van der Waals surface area contributed by atoms with Gasteiger partial charge in [-0.3, -0.25) is 9.59 Å². The molecule has 2 aromatic carbocycles. The minimum Gasteiger partial charge on any atom is -0.477 e. The fourth-order valence-corrected chi connectivity index (χ4v) is 5.22. The number of hydrogen-bond acceptors (Lipinski definition) is 4. The molecule has 0 spiro atoms. The highest BCUT2D eigenvalue weighted by atomic mass is 35.5. The number of fused-ring (bicyclic) bond motifs is 2. The number of benzene rings is 2. The van der Waals surface area contributed by atoms with E-state index in [1.807, 2.05) is 30.3 Å². The molecule has 1 N–H and O–H groups in total. The van der Waals surface area contributed by atoms with Crippen LogP contribution in [0.1, 0.15) is 32.0 Å². The van der Waals surface area contributed by atoms with Crippen molar-refractivity contribution in [2.24, 2.45) is 0 Å². The fourth-order valence-electron chi connectivity index (χ4n) is 4.22. The molecule has 0 bridgehead atoms. The number of anilines is 1. The zero-order valence-corrected chi connectivity index (χ0v) is 18.3. The van der Waals surface area contributed by atoms with E-state index in [1.165, 1.54) is 11.3 Å². The predicted octanol–water partition coefficient (Wildman–Crippen LogP) is 5.03. The van der Waals surface area contributed by atoms with Gasteiger partial charge in [0.2, 0.25) is 5.91 Å². The molecule has 1 aliphatic rings. The molecule has 8 heteroatoms. The summed E-state index contributed by atoms with van der Waals surface area (Å²) in [6.07, 6.45) is 0.629. The standard InChI is InChI=1S/C24H17ClN2O4S/c25-16-6-7-19-17(11-16)21(27-20(28)10-15-12-32-13-18(15)23(27)29)22(24(30)31)26(19)9-8-14-4-2-1-3-5-14/h1-7,11-13H,8-10H2,(H,30,31). The number of carbonyl (C=O) groups excluding carboxylic acids is 2. The van der Waals surface area contributed by atoms with E-state index in [-0.39, 0.29) is 17.8 Å². The molecule has 0 fully saturated rings. The Hall–Kier alpha value is -3.42. The maximum atomic E-state index is 13.3. The van der Waals surface area contributed by atoms with Crippen LogP contribution in [0.25, 0.3) is 10.9 Å². The van der Waals surface area contributed by atoms with Gasteiger partial charge in [-0.2, -0.15) is 11.3 Å². The third-order valence-electron chi connectivity index (χ3n) is 5.66. The van der Waals surface area contributed by atoms with Gasteiger partial charge >= 0.3 is 5.97 Å². The third kappa shape index (κ3) is 3.30. The van der Waals surface area contributed by atoms with E-state index in [0.29, 0.717) is 40.0 Å². The van der Waals surface area contributed by atoms with Crippen LogP contribution in [0.4, 0.5) is 5.69 Å². The molecule has 4 aromatic rings. The van der Waals surface area contributed by atoms with Crippen molar-refractivity contribution >= 4 is 57.3 Å². The lowest BCUT2D eigenvalue weighted by Crippen LogP contribution is -2.42. The molecule has 0 aliphatic carbocycles. The van der Waals surface area contributed by atoms with Crippen molar-refractivity contribution in [3.05, 3.63) is 86.7 Å². The Labute approximate surface area is 192 Å². The molecule has 1 aliphatic heterocycles. The number of carbonyl (C=O) groups is 3. The second-order valence-electron chi connectivity index (χ2n) is 7.57. The lowest BCUT2D eigenvalue weighted by Gasteiger charge is -2.25. The smallest absolute Gasteiger partial charge is 0.354 e.